The zero-order valence-corrected chi connectivity index (χ0v) is 11.7. The molecule has 0 spiro atoms. The molecule has 3 heteroatoms. The standard InChI is InChI=1S/C13H17BrO2/c1-8(5-6-15)11-9(2)7-10(3)12(14)13(11)16-4/h6-8H,5H2,1-4H3. The van der Waals surface area contributed by atoms with Gasteiger partial charge in [-0.05, 0) is 46.8 Å². The van der Waals surface area contributed by atoms with Gasteiger partial charge in [0.25, 0.3) is 0 Å². The van der Waals surface area contributed by atoms with Gasteiger partial charge in [-0.25, -0.2) is 0 Å². The van der Waals surface area contributed by atoms with Crippen LogP contribution in [-0.4, -0.2) is 13.4 Å². The lowest BCUT2D eigenvalue weighted by Crippen LogP contribution is -2.03. The molecule has 1 atom stereocenters. The predicted octanol–water partition coefficient (Wildman–Crippen LogP) is 3.77. The van der Waals surface area contributed by atoms with Crippen LogP contribution in [0.2, 0.25) is 0 Å². The van der Waals surface area contributed by atoms with Crippen molar-refractivity contribution >= 4 is 22.2 Å². The Morgan fingerprint density at radius 1 is 1.44 bits per heavy atom. The van der Waals surface area contributed by atoms with E-state index < -0.39 is 0 Å². The van der Waals surface area contributed by atoms with Gasteiger partial charge in [-0.15, -0.1) is 0 Å². The highest BCUT2D eigenvalue weighted by molar-refractivity contribution is 9.10. The quantitative estimate of drug-likeness (QED) is 0.787. The van der Waals surface area contributed by atoms with Crippen molar-refractivity contribution in [1.29, 1.82) is 0 Å². The minimum absolute atomic E-state index is 0.185. The lowest BCUT2D eigenvalue weighted by Gasteiger charge is -2.19. The molecule has 1 rings (SSSR count). The van der Waals surface area contributed by atoms with Gasteiger partial charge in [0, 0.05) is 12.0 Å². The average Bonchev–Trinajstić information content (AvgIpc) is 2.23. The lowest BCUT2D eigenvalue weighted by atomic mass is 9.92. The van der Waals surface area contributed by atoms with E-state index in [9.17, 15) is 4.79 Å². The molecule has 0 bridgehead atoms. The maximum Gasteiger partial charge on any atom is 0.137 e. The number of halogens is 1. The average molecular weight is 285 g/mol. The Kier molecular flexibility index (Phi) is 4.54. The van der Waals surface area contributed by atoms with E-state index in [-0.39, 0.29) is 5.92 Å². The van der Waals surface area contributed by atoms with Gasteiger partial charge in [0.1, 0.15) is 12.0 Å². The Labute approximate surface area is 105 Å². The van der Waals surface area contributed by atoms with Crippen LogP contribution in [0.1, 0.15) is 36.0 Å². The largest absolute Gasteiger partial charge is 0.495 e. The van der Waals surface area contributed by atoms with Gasteiger partial charge in [0.15, 0.2) is 0 Å². The van der Waals surface area contributed by atoms with Gasteiger partial charge in [0.05, 0.1) is 11.6 Å². The first kappa shape index (κ1) is 13.2. The summed E-state index contributed by atoms with van der Waals surface area (Å²) >= 11 is 3.53. The molecule has 0 aromatic heterocycles. The molecule has 0 saturated carbocycles. The zero-order valence-electron chi connectivity index (χ0n) is 10.1. The van der Waals surface area contributed by atoms with Crippen LogP contribution in [0.5, 0.6) is 5.75 Å². The molecule has 2 nitrogen and oxygen atoms in total. The number of methoxy groups -OCH3 is 1. The summed E-state index contributed by atoms with van der Waals surface area (Å²) in [5.41, 5.74) is 3.44. The first-order valence-electron chi connectivity index (χ1n) is 5.30. The number of rotatable bonds is 4. The van der Waals surface area contributed by atoms with Crippen molar-refractivity contribution in [2.75, 3.05) is 7.11 Å². The third-order valence-electron chi connectivity index (χ3n) is 2.79. The summed E-state index contributed by atoms with van der Waals surface area (Å²) in [6, 6.07) is 2.11. The SMILES string of the molecule is COc1c(Br)c(C)cc(C)c1C(C)CC=O. The summed E-state index contributed by atoms with van der Waals surface area (Å²) in [5, 5.41) is 0. The summed E-state index contributed by atoms with van der Waals surface area (Å²) in [5.74, 6) is 1.04. The number of hydrogen-bond donors (Lipinski definition) is 0. The number of carbonyl (C=O) groups is 1. The summed E-state index contributed by atoms with van der Waals surface area (Å²) in [7, 11) is 1.66. The van der Waals surface area contributed by atoms with Crippen molar-refractivity contribution in [1.82, 2.24) is 0 Å². The fourth-order valence-electron chi connectivity index (χ4n) is 2.02. The van der Waals surface area contributed by atoms with E-state index >= 15 is 0 Å². The maximum absolute atomic E-state index is 10.6. The maximum atomic E-state index is 10.6. The van der Waals surface area contributed by atoms with Gasteiger partial charge >= 0.3 is 0 Å². The second-order valence-electron chi connectivity index (χ2n) is 4.07. The summed E-state index contributed by atoms with van der Waals surface area (Å²) in [6.07, 6.45) is 1.48. The van der Waals surface area contributed by atoms with Crippen molar-refractivity contribution < 1.29 is 9.53 Å². The first-order chi connectivity index (χ1) is 7.52. The van der Waals surface area contributed by atoms with E-state index in [0.717, 1.165) is 27.6 Å². The van der Waals surface area contributed by atoms with Crippen LogP contribution < -0.4 is 4.74 Å². The lowest BCUT2D eigenvalue weighted by molar-refractivity contribution is -0.108. The highest BCUT2D eigenvalue weighted by Crippen LogP contribution is 2.39. The molecule has 0 amide bonds. The molecular formula is C13H17BrO2. The molecule has 0 radical (unpaired) electrons. The minimum atomic E-state index is 0.185. The molecule has 0 N–H and O–H groups in total. The first-order valence-corrected chi connectivity index (χ1v) is 6.09. The van der Waals surface area contributed by atoms with Crippen molar-refractivity contribution in [2.24, 2.45) is 0 Å². The minimum Gasteiger partial charge on any atom is -0.495 e. The molecule has 88 valence electrons. The molecular weight excluding hydrogens is 268 g/mol. The van der Waals surface area contributed by atoms with E-state index in [1.54, 1.807) is 7.11 Å². The van der Waals surface area contributed by atoms with Crippen molar-refractivity contribution in [2.45, 2.75) is 33.1 Å². The Morgan fingerprint density at radius 2 is 2.06 bits per heavy atom. The van der Waals surface area contributed by atoms with Gasteiger partial charge in [-0.3, -0.25) is 0 Å². The van der Waals surface area contributed by atoms with Gasteiger partial charge in [0.2, 0.25) is 0 Å². The molecule has 0 saturated heterocycles. The van der Waals surface area contributed by atoms with E-state index in [0.29, 0.717) is 6.42 Å². The second-order valence-corrected chi connectivity index (χ2v) is 4.87. The molecule has 0 aliphatic carbocycles. The second kappa shape index (κ2) is 5.48. The predicted molar refractivity (Wildman–Crippen MR) is 69.3 cm³/mol. The number of aldehydes is 1. The molecule has 1 unspecified atom stereocenters. The van der Waals surface area contributed by atoms with E-state index in [1.165, 1.54) is 5.56 Å². The van der Waals surface area contributed by atoms with Crippen LogP contribution in [0.4, 0.5) is 0 Å². The fraction of sp³-hybridized carbons (Fsp3) is 0.462. The molecule has 1 aromatic carbocycles. The van der Waals surface area contributed by atoms with Crippen LogP contribution in [0.3, 0.4) is 0 Å². The van der Waals surface area contributed by atoms with Crippen molar-refractivity contribution in [3.05, 3.63) is 27.2 Å². The van der Waals surface area contributed by atoms with Crippen LogP contribution in [-0.2, 0) is 4.79 Å². The van der Waals surface area contributed by atoms with Crippen molar-refractivity contribution in [3.8, 4) is 5.75 Å². The number of hydrogen-bond acceptors (Lipinski definition) is 2. The van der Waals surface area contributed by atoms with Gasteiger partial charge in [-0.1, -0.05) is 13.0 Å². The van der Waals surface area contributed by atoms with Crippen molar-refractivity contribution in [3.63, 3.8) is 0 Å². The third kappa shape index (κ3) is 2.46. The summed E-state index contributed by atoms with van der Waals surface area (Å²) in [4.78, 5) is 10.6. The molecule has 0 aliphatic heterocycles. The Balaban J connectivity index is 3.35. The topological polar surface area (TPSA) is 26.3 Å². The molecule has 1 aromatic rings. The smallest absolute Gasteiger partial charge is 0.137 e. The Hall–Kier alpha value is -0.830. The number of benzene rings is 1. The van der Waals surface area contributed by atoms with E-state index in [4.69, 9.17) is 4.74 Å². The highest BCUT2D eigenvalue weighted by Gasteiger charge is 2.18. The number of carbonyl (C=O) groups excluding carboxylic acids is 1. The summed E-state index contributed by atoms with van der Waals surface area (Å²) < 4.78 is 6.42. The number of aryl methyl sites for hydroxylation is 2. The molecule has 0 heterocycles. The van der Waals surface area contributed by atoms with Gasteiger partial charge < -0.3 is 9.53 Å². The fourth-order valence-corrected chi connectivity index (χ4v) is 2.51. The van der Waals surface area contributed by atoms with Gasteiger partial charge in [-0.2, -0.15) is 0 Å². The van der Waals surface area contributed by atoms with Crippen LogP contribution in [0.15, 0.2) is 10.5 Å². The third-order valence-corrected chi connectivity index (χ3v) is 3.78. The van der Waals surface area contributed by atoms with E-state index in [2.05, 4.69) is 28.9 Å². The normalized spacial score (nSPS) is 12.3. The molecule has 16 heavy (non-hydrogen) atoms. The van der Waals surface area contributed by atoms with E-state index in [1.807, 2.05) is 13.8 Å². The Bertz CT molecular complexity index is 399. The molecule has 0 aliphatic rings. The summed E-state index contributed by atoms with van der Waals surface area (Å²) in [6.45, 7) is 6.13. The van der Waals surface area contributed by atoms with Crippen LogP contribution >= 0.6 is 15.9 Å². The zero-order chi connectivity index (χ0) is 12.3. The van der Waals surface area contributed by atoms with Crippen LogP contribution in [0.25, 0.3) is 0 Å². The number of ether oxygens (including phenoxy) is 1. The van der Waals surface area contributed by atoms with Crippen LogP contribution in [0, 0.1) is 13.8 Å². The molecule has 0 fully saturated rings. The highest BCUT2D eigenvalue weighted by atomic mass is 79.9. The monoisotopic (exact) mass is 284 g/mol. The Morgan fingerprint density at radius 3 is 2.56 bits per heavy atom.